The van der Waals surface area contributed by atoms with E-state index >= 15 is 0 Å². The van der Waals surface area contributed by atoms with Gasteiger partial charge in [-0.3, -0.25) is 4.79 Å². The van der Waals surface area contributed by atoms with Gasteiger partial charge < -0.3 is 20.1 Å². The molecule has 2 atom stereocenters. The minimum absolute atomic E-state index is 0.0126. The summed E-state index contributed by atoms with van der Waals surface area (Å²) in [7, 11) is 1.55. The maximum atomic E-state index is 12.6. The summed E-state index contributed by atoms with van der Waals surface area (Å²) in [6.07, 6.45) is 2.35. The molecule has 5 nitrogen and oxygen atoms in total. The van der Waals surface area contributed by atoms with Crippen molar-refractivity contribution < 1.29 is 14.6 Å². The van der Waals surface area contributed by atoms with Crippen LogP contribution in [0.4, 0.5) is 0 Å². The van der Waals surface area contributed by atoms with E-state index < -0.39 is 0 Å². The Hall–Kier alpha value is -1.75. The van der Waals surface area contributed by atoms with Crippen LogP contribution in [0.25, 0.3) is 0 Å². The van der Waals surface area contributed by atoms with Gasteiger partial charge in [0.15, 0.2) is 0 Å². The van der Waals surface area contributed by atoms with Crippen LogP contribution in [0.2, 0.25) is 0 Å². The highest BCUT2D eigenvalue weighted by atomic mass is 16.5. The van der Waals surface area contributed by atoms with Crippen molar-refractivity contribution in [2.24, 2.45) is 5.92 Å². The van der Waals surface area contributed by atoms with Gasteiger partial charge in [-0.25, -0.2) is 0 Å². The highest BCUT2D eigenvalue weighted by Crippen LogP contribution is 2.29. The lowest BCUT2D eigenvalue weighted by molar-refractivity contribution is 0.0782. The SMILES string of the molecule is COc1ccc(O)c(C(=O)N2CC3CCCNC3C2)c1. The molecule has 3 rings (SSSR count). The zero-order valence-corrected chi connectivity index (χ0v) is 11.6. The van der Waals surface area contributed by atoms with E-state index in [4.69, 9.17) is 4.74 Å². The number of phenolic OH excluding ortho intramolecular Hbond substituents is 1. The molecular weight excluding hydrogens is 256 g/mol. The summed E-state index contributed by atoms with van der Waals surface area (Å²) in [5.41, 5.74) is 0.322. The van der Waals surface area contributed by atoms with Crippen molar-refractivity contribution in [3.05, 3.63) is 23.8 Å². The molecule has 108 valence electrons. The smallest absolute Gasteiger partial charge is 0.257 e. The monoisotopic (exact) mass is 276 g/mol. The number of carbonyl (C=O) groups excluding carboxylic acids is 1. The average Bonchev–Trinajstić information content (AvgIpc) is 2.91. The van der Waals surface area contributed by atoms with Crippen LogP contribution in [0.3, 0.4) is 0 Å². The summed E-state index contributed by atoms with van der Waals surface area (Å²) < 4.78 is 5.12. The Bertz CT molecular complexity index is 504. The van der Waals surface area contributed by atoms with Crippen LogP contribution in [0.15, 0.2) is 18.2 Å². The summed E-state index contributed by atoms with van der Waals surface area (Å²) in [5.74, 6) is 1.03. The molecule has 1 amide bonds. The van der Waals surface area contributed by atoms with Gasteiger partial charge in [-0.2, -0.15) is 0 Å². The third-order valence-electron chi connectivity index (χ3n) is 4.32. The molecule has 2 aliphatic rings. The van der Waals surface area contributed by atoms with Gasteiger partial charge in [0, 0.05) is 19.1 Å². The van der Waals surface area contributed by atoms with Gasteiger partial charge in [0.2, 0.25) is 0 Å². The molecule has 0 spiro atoms. The number of amides is 1. The van der Waals surface area contributed by atoms with Crippen molar-refractivity contribution in [2.45, 2.75) is 18.9 Å². The molecule has 2 N–H and O–H groups in total. The van der Waals surface area contributed by atoms with E-state index in [1.807, 2.05) is 4.90 Å². The lowest BCUT2D eigenvalue weighted by Crippen LogP contribution is -2.41. The number of rotatable bonds is 2. The first-order chi connectivity index (χ1) is 9.69. The van der Waals surface area contributed by atoms with Gasteiger partial charge in [0.1, 0.15) is 11.5 Å². The highest BCUT2D eigenvalue weighted by Gasteiger charge is 2.37. The largest absolute Gasteiger partial charge is 0.507 e. The van der Waals surface area contributed by atoms with Crippen molar-refractivity contribution in [3.63, 3.8) is 0 Å². The number of nitrogens with zero attached hydrogens (tertiary/aromatic N) is 1. The molecule has 0 aliphatic carbocycles. The Balaban J connectivity index is 1.79. The Labute approximate surface area is 118 Å². The van der Waals surface area contributed by atoms with Gasteiger partial charge >= 0.3 is 0 Å². The molecule has 1 aromatic carbocycles. The van der Waals surface area contributed by atoms with Crippen LogP contribution >= 0.6 is 0 Å². The topological polar surface area (TPSA) is 61.8 Å². The molecule has 2 fully saturated rings. The average molecular weight is 276 g/mol. The lowest BCUT2D eigenvalue weighted by Gasteiger charge is -2.24. The summed E-state index contributed by atoms with van der Waals surface area (Å²) in [6.45, 7) is 2.53. The number of aromatic hydroxyl groups is 1. The molecule has 20 heavy (non-hydrogen) atoms. The maximum Gasteiger partial charge on any atom is 0.257 e. The number of hydrogen-bond acceptors (Lipinski definition) is 4. The van der Waals surface area contributed by atoms with Crippen molar-refractivity contribution >= 4 is 5.91 Å². The molecule has 0 radical (unpaired) electrons. The predicted molar refractivity (Wildman–Crippen MR) is 75.1 cm³/mol. The normalized spacial score (nSPS) is 25.4. The van der Waals surface area contributed by atoms with Gasteiger partial charge in [-0.1, -0.05) is 0 Å². The molecule has 1 aromatic rings. The van der Waals surface area contributed by atoms with Crippen LogP contribution in [-0.2, 0) is 0 Å². The quantitative estimate of drug-likeness (QED) is 0.853. The molecule has 5 heteroatoms. The number of ether oxygens (including phenoxy) is 1. The van der Waals surface area contributed by atoms with E-state index in [9.17, 15) is 9.90 Å². The second-order valence-corrected chi connectivity index (χ2v) is 5.56. The van der Waals surface area contributed by atoms with E-state index in [2.05, 4.69) is 5.32 Å². The van der Waals surface area contributed by atoms with Gasteiger partial charge in [-0.05, 0) is 43.5 Å². The van der Waals surface area contributed by atoms with Crippen LogP contribution < -0.4 is 10.1 Å². The van der Waals surface area contributed by atoms with Gasteiger partial charge in [0.05, 0.1) is 12.7 Å². The van der Waals surface area contributed by atoms with Crippen molar-refractivity contribution in [1.82, 2.24) is 10.2 Å². The Morgan fingerprint density at radius 3 is 3.05 bits per heavy atom. The zero-order valence-electron chi connectivity index (χ0n) is 11.6. The van der Waals surface area contributed by atoms with E-state index in [1.165, 1.54) is 18.9 Å². The number of benzene rings is 1. The molecule has 2 heterocycles. The molecule has 2 aliphatic heterocycles. The van der Waals surface area contributed by atoms with Crippen molar-refractivity contribution in [1.29, 1.82) is 0 Å². The minimum Gasteiger partial charge on any atom is -0.507 e. The van der Waals surface area contributed by atoms with E-state index in [0.29, 0.717) is 23.3 Å². The Morgan fingerprint density at radius 2 is 2.30 bits per heavy atom. The number of likely N-dealkylation sites (tertiary alicyclic amines) is 1. The van der Waals surface area contributed by atoms with E-state index in [-0.39, 0.29) is 11.7 Å². The van der Waals surface area contributed by atoms with Gasteiger partial charge in [-0.15, -0.1) is 0 Å². The molecule has 0 aromatic heterocycles. The second kappa shape index (κ2) is 5.32. The van der Waals surface area contributed by atoms with E-state index in [1.54, 1.807) is 19.2 Å². The summed E-state index contributed by atoms with van der Waals surface area (Å²) in [5, 5.41) is 13.4. The predicted octanol–water partition coefficient (Wildman–Crippen LogP) is 1.22. The number of phenols is 1. The number of hydrogen-bond donors (Lipinski definition) is 2. The lowest BCUT2D eigenvalue weighted by atomic mass is 9.94. The standard InChI is InChI=1S/C15H20N2O3/c1-20-11-4-5-14(18)12(7-11)15(19)17-8-10-3-2-6-16-13(10)9-17/h4-5,7,10,13,16,18H,2-3,6,8-9H2,1H3. The fraction of sp³-hybridized carbons (Fsp3) is 0.533. The third kappa shape index (κ3) is 2.33. The second-order valence-electron chi connectivity index (χ2n) is 5.56. The van der Waals surface area contributed by atoms with E-state index in [0.717, 1.165) is 19.6 Å². The first-order valence-corrected chi connectivity index (χ1v) is 7.08. The molecule has 2 unspecified atom stereocenters. The summed E-state index contributed by atoms with van der Waals surface area (Å²) >= 11 is 0. The summed E-state index contributed by atoms with van der Waals surface area (Å²) in [4.78, 5) is 14.4. The number of carbonyl (C=O) groups is 1. The van der Waals surface area contributed by atoms with Crippen molar-refractivity contribution in [3.8, 4) is 11.5 Å². The molecule has 2 saturated heterocycles. The van der Waals surface area contributed by atoms with Crippen LogP contribution in [0.1, 0.15) is 23.2 Å². The zero-order chi connectivity index (χ0) is 14.1. The first kappa shape index (κ1) is 13.2. The highest BCUT2D eigenvalue weighted by molar-refractivity contribution is 5.97. The molecule has 0 bridgehead atoms. The maximum absolute atomic E-state index is 12.6. The number of fused-ring (bicyclic) bond motifs is 1. The number of nitrogens with one attached hydrogen (secondary N) is 1. The Morgan fingerprint density at radius 1 is 1.45 bits per heavy atom. The summed E-state index contributed by atoms with van der Waals surface area (Å²) in [6, 6.07) is 5.17. The van der Waals surface area contributed by atoms with Gasteiger partial charge in [0.25, 0.3) is 5.91 Å². The number of methoxy groups -OCH3 is 1. The minimum atomic E-state index is -0.113. The van der Waals surface area contributed by atoms with Crippen LogP contribution in [0.5, 0.6) is 11.5 Å². The Kier molecular flexibility index (Phi) is 3.53. The first-order valence-electron chi connectivity index (χ1n) is 7.08. The fourth-order valence-electron chi connectivity index (χ4n) is 3.20. The van der Waals surface area contributed by atoms with Crippen LogP contribution in [-0.4, -0.2) is 48.7 Å². The van der Waals surface area contributed by atoms with Crippen LogP contribution in [0, 0.1) is 5.92 Å². The van der Waals surface area contributed by atoms with Crippen molar-refractivity contribution in [2.75, 3.05) is 26.7 Å². The number of piperidine rings is 1. The molecular formula is C15H20N2O3. The fourth-order valence-corrected chi connectivity index (χ4v) is 3.20. The third-order valence-corrected chi connectivity index (χ3v) is 4.32. The molecule has 0 saturated carbocycles.